The van der Waals surface area contributed by atoms with Crippen molar-refractivity contribution in [3.63, 3.8) is 0 Å². The largest absolute Gasteiger partial charge is 0.369 e. The lowest BCUT2D eigenvalue weighted by Crippen LogP contribution is -2.49. The number of aromatic amines is 1. The van der Waals surface area contributed by atoms with E-state index in [1.807, 2.05) is 26.8 Å². The molecular weight excluding hydrogens is 390 g/mol. The number of rotatable bonds is 2. The van der Waals surface area contributed by atoms with Crippen LogP contribution < -0.4 is 16.4 Å². The van der Waals surface area contributed by atoms with Gasteiger partial charge in [0.15, 0.2) is 11.1 Å². The molecule has 10 heteroatoms. The fourth-order valence-corrected chi connectivity index (χ4v) is 4.24. The minimum Gasteiger partial charge on any atom is -0.369 e. The van der Waals surface area contributed by atoms with Crippen LogP contribution in [0.3, 0.4) is 0 Å². The van der Waals surface area contributed by atoms with Gasteiger partial charge in [0, 0.05) is 23.4 Å². The summed E-state index contributed by atoms with van der Waals surface area (Å²) in [6.07, 6.45) is 0.657. The molecule has 0 unspecified atom stereocenters. The van der Waals surface area contributed by atoms with Crippen LogP contribution in [0.1, 0.15) is 41.7 Å². The predicted octanol–water partition coefficient (Wildman–Crippen LogP) is 2.72. The second-order valence-electron chi connectivity index (χ2n) is 8.02. The van der Waals surface area contributed by atoms with E-state index in [0.717, 1.165) is 10.6 Å². The first-order chi connectivity index (χ1) is 13.7. The number of carbonyl (C=O) groups is 2. The molecule has 0 spiro atoms. The number of nitrogens with zero attached hydrogens (tertiary/aromatic N) is 3. The third kappa shape index (κ3) is 4.02. The van der Waals surface area contributed by atoms with E-state index < -0.39 is 0 Å². The Labute approximate surface area is 171 Å². The Balaban J connectivity index is 1.49. The average Bonchev–Trinajstić information content (AvgIpc) is 3.20. The van der Waals surface area contributed by atoms with Crippen LogP contribution in [-0.2, 0) is 13.0 Å². The minimum atomic E-state index is -0.296. The standard InChI is InChI=1S/C19H23N7O2S/c1-19(2,3)25-18(28)26-8-7-11-13(9-26)29-17(22-11)24-15(27)10-5-4-6-12-14(10)23-16(20)21-12/h4-6H,7-9H2,1-3H3,(H,25,28)(H3,20,21,23)(H,22,24,27). The summed E-state index contributed by atoms with van der Waals surface area (Å²) < 4.78 is 0. The Hall–Kier alpha value is -3.14. The van der Waals surface area contributed by atoms with Crippen molar-refractivity contribution < 1.29 is 9.59 Å². The predicted molar refractivity (Wildman–Crippen MR) is 113 cm³/mol. The van der Waals surface area contributed by atoms with Crippen LogP contribution in [0.4, 0.5) is 15.9 Å². The average molecular weight is 414 g/mol. The van der Waals surface area contributed by atoms with Crippen LogP contribution in [0.25, 0.3) is 11.0 Å². The molecule has 1 aliphatic heterocycles. The lowest BCUT2D eigenvalue weighted by molar-refractivity contribution is 0.102. The summed E-state index contributed by atoms with van der Waals surface area (Å²) in [5.74, 6) is -0.0332. The van der Waals surface area contributed by atoms with E-state index in [2.05, 4.69) is 25.6 Å². The quantitative estimate of drug-likeness (QED) is 0.513. The molecule has 0 atom stereocenters. The van der Waals surface area contributed by atoms with Gasteiger partial charge in [0.2, 0.25) is 0 Å². The van der Waals surface area contributed by atoms with Gasteiger partial charge in [-0.25, -0.2) is 14.8 Å². The fraction of sp³-hybridized carbons (Fsp3) is 0.368. The number of nitrogens with two attached hydrogens (primary N) is 1. The minimum absolute atomic E-state index is 0.0927. The first kappa shape index (κ1) is 19.2. The molecule has 0 bridgehead atoms. The van der Waals surface area contributed by atoms with Crippen LogP contribution in [0, 0.1) is 0 Å². The first-order valence-electron chi connectivity index (χ1n) is 9.31. The van der Waals surface area contributed by atoms with E-state index in [0.29, 0.717) is 41.2 Å². The molecule has 0 fully saturated rings. The SMILES string of the molecule is CC(C)(C)NC(=O)N1CCc2nc(NC(=O)c3cccc4[nH]c(N)nc34)sc2C1. The van der Waals surface area contributed by atoms with E-state index >= 15 is 0 Å². The lowest BCUT2D eigenvalue weighted by Gasteiger charge is -2.30. The first-order valence-corrected chi connectivity index (χ1v) is 10.1. The summed E-state index contributed by atoms with van der Waals surface area (Å²) in [6.45, 7) is 6.94. The Morgan fingerprint density at radius 1 is 1.28 bits per heavy atom. The molecule has 9 nitrogen and oxygen atoms in total. The van der Waals surface area contributed by atoms with Crippen molar-refractivity contribution in [1.82, 2.24) is 25.2 Å². The number of fused-ring (bicyclic) bond motifs is 2. The van der Waals surface area contributed by atoms with Crippen molar-refractivity contribution in [2.75, 3.05) is 17.6 Å². The number of aromatic nitrogens is 3. The molecular formula is C19H23N7O2S. The van der Waals surface area contributed by atoms with Crippen molar-refractivity contribution in [2.45, 2.75) is 39.3 Å². The molecule has 5 N–H and O–H groups in total. The number of nitrogen functional groups attached to an aromatic ring is 1. The van der Waals surface area contributed by atoms with E-state index in [1.54, 1.807) is 17.0 Å². The molecule has 3 amide bonds. The number of para-hydroxylation sites is 1. The summed E-state index contributed by atoms with van der Waals surface area (Å²) in [6, 6.07) is 5.19. The number of imidazole rings is 1. The molecule has 0 aliphatic carbocycles. The number of anilines is 2. The van der Waals surface area contributed by atoms with Crippen LogP contribution in [0.5, 0.6) is 0 Å². The number of H-pyrrole nitrogens is 1. The van der Waals surface area contributed by atoms with Gasteiger partial charge in [-0.2, -0.15) is 0 Å². The van der Waals surface area contributed by atoms with Gasteiger partial charge >= 0.3 is 6.03 Å². The van der Waals surface area contributed by atoms with Crippen LogP contribution >= 0.6 is 11.3 Å². The zero-order valence-corrected chi connectivity index (χ0v) is 17.3. The zero-order valence-electron chi connectivity index (χ0n) is 16.5. The number of thiazole rings is 1. The number of hydrogen-bond acceptors (Lipinski definition) is 6. The summed E-state index contributed by atoms with van der Waals surface area (Å²) in [5, 5.41) is 6.35. The van der Waals surface area contributed by atoms with Crippen molar-refractivity contribution in [3.05, 3.63) is 34.3 Å². The highest BCUT2D eigenvalue weighted by molar-refractivity contribution is 7.15. The summed E-state index contributed by atoms with van der Waals surface area (Å²) in [4.78, 5) is 39.6. The van der Waals surface area contributed by atoms with Crippen molar-refractivity contribution in [2.24, 2.45) is 0 Å². The van der Waals surface area contributed by atoms with Crippen molar-refractivity contribution >= 4 is 45.4 Å². The highest BCUT2D eigenvalue weighted by atomic mass is 32.1. The number of nitrogens with one attached hydrogen (secondary N) is 3. The van der Waals surface area contributed by atoms with Gasteiger partial charge in [0.05, 0.1) is 23.3 Å². The maximum atomic E-state index is 12.8. The Morgan fingerprint density at radius 3 is 2.83 bits per heavy atom. The molecule has 29 heavy (non-hydrogen) atoms. The lowest BCUT2D eigenvalue weighted by atomic mass is 10.1. The molecule has 3 heterocycles. The summed E-state index contributed by atoms with van der Waals surface area (Å²) in [5.41, 5.74) is 7.99. The Bertz CT molecular complexity index is 1100. The van der Waals surface area contributed by atoms with Crippen molar-refractivity contribution in [3.8, 4) is 0 Å². The molecule has 1 aliphatic rings. The third-order valence-corrected chi connectivity index (χ3v) is 5.49. The maximum absolute atomic E-state index is 12.8. The molecule has 0 saturated heterocycles. The Morgan fingerprint density at radius 2 is 2.07 bits per heavy atom. The van der Waals surface area contributed by atoms with Crippen LogP contribution in [0.2, 0.25) is 0 Å². The van der Waals surface area contributed by atoms with Crippen LogP contribution in [-0.4, -0.2) is 43.9 Å². The normalized spacial score (nSPS) is 14.0. The number of hydrogen-bond donors (Lipinski definition) is 4. The van der Waals surface area contributed by atoms with Gasteiger partial charge in [0.25, 0.3) is 5.91 Å². The second kappa shape index (κ2) is 7.03. The molecule has 152 valence electrons. The molecule has 3 aromatic rings. The highest BCUT2D eigenvalue weighted by Crippen LogP contribution is 2.29. The summed E-state index contributed by atoms with van der Waals surface area (Å²) in [7, 11) is 0. The van der Waals surface area contributed by atoms with E-state index in [-0.39, 0.29) is 23.4 Å². The van der Waals surface area contributed by atoms with Gasteiger partial charge < -0.3 is 20.9 Å². The van der Waals surface area contributed by atoms with Gasteiger partial charge in [0.1, 0.15) is 5.52 Å². The molecule has 1 aromatic carbocycles. The smallest absolute Gasteiger partial charge is 0.318 e. The molecule has 4 rings (SSSR count). The Kier molecular flexibility index (Phi) is 4.65. The maximum Gasteiger partial charge on any atom is 0.318 e. The van der Waals surface area contributed by atoms with Crippen molar-refractivity contribution in [1.29, 1.82) is 0 Å². The van der Waals surface area contributed by atoms with Gasteiger partial charge in [-0.3, -0.25) is 10.1 Å². The van der Waals surface area contributed by atoms with Gasteiger partial charge in [-0.15, -0.1) is 0 Å². The third-order valence-electron chi connectivity index (χ3n) is 4.50. The second-order valence-corrected chi connectivity index (χ2v) is 9.10. The molecule has 0 saturated carbocycles. The number of amides is 3. The van der Waals surface area contributed by atoms with Gasteiger partial charge in [-0.05, 0) is 32.9 Å². The topological polar surface area (TPSA) is 129 Å². The van der Waals surface area contributed by atoms with Gasteiger partial charge in [-0.1, -0.05) is 17.4 Å². The van der Waals surface area contributed by atoms with Crippen LogP contribution in [0.15, 0.2) is 18.2 Å². The van der Waals surface area contributed by atoms with E-state index in [4.69, 9.17) is 5.73 Å². The monoisotopic (exact) mass is 413 g/mol. The van der Waals surface area contributed by atoms with E-state index in [1.165, 1.54) is 11.3 Å². The number of benzene rings is 1. The fourth-order valence-electron chi connectivity index (χ4n) is 3.22. The number of urea groups is 1. The zero-order chi connectivity index (χ0) is 20.8. The molecule has 2 aromatic heterocycles. The number of carbonyl (C=O) groups excluding carboxylic acids is 2. The van der Waals surface area contributed by atoms with E-state index in [9.17, 15) is 9.59 Å². The highest BCUT2D eigenvalue weighted by Gasteiger charge is 2.27. The summed E-state index contributed by atoms with van der Waals surface area (Å²) >= 11 is 1.39. The molecule has 0 radical (unpaired) electrons.